The highest BCUT2D eigenvalue weighted by Gasteiger charge is 2.39. The number of hydrogen-bond acceptors (Lipinski definition) is 3. The average Bonchev–Trinajstić information content (AvgIpc) is 3.09. The smallest absolute Gasteiger partial charge is 0.160 e. The minimum atomic E-state index is 0.212. The van der Waals surface area contributed by atoms with Gasteiger partial charge in [-0.25, -0.2) is 0 Å². The van der Waals surface area contributed by atoms with Crippen molar-refractivity contribution in [2.24, 2.45) is 17.8 Å². The van der Waals surface area contributed by atoms with Crippen molar-refractivity contribution in [3.05, 3.63) is 23.8 Å². The summed E-state index contributed by atoms with van der Waals surface area (Å²) in [7, 11) is 3.82. The molecule has 3 heteroatoms. The molecule has 2 saturated carbocycles. The third-order valence-electron chi connectivity index (χ3n) is 5.75. The Balaban J connectivity index is 1.65. The van der Waals surface area contributed by atoms with Crippen LogP contribution in [0.2, 0.25) is 0 Å². The van der Waals surface area contributed by atoms with E-state index in [0.29, 0.717) is 11.8 Å². The summed E-state index contributed by atoms with van der Waals surface area (Å²) in [6.45, 7) is 3.42. The first-order valence-electron chi connectivity index (χ1n) is 8.15. The monoisotopic (exact) mass is 289 g/mol. The first-order valence-corrected chi connectivity index (χ1v) is 8.15. The highest BCUT2D eigenvalue weighted by molar-refractivity contribution is 5.42. The summed E-state index contributed by atoms with van der Waals surface area (Å²) in [6.07, 6.45) is 5.82. The number of hydrogen-bond donors (Lipinski definition) is 1. The molecule has 3 nitrogen and oxygen atoms in total. The van der Waals surface area contributed by atoms with Gasteiger partial charge in [-0.15, -0.1) is 0 Å². The van der Waals surface area contributed by atoms with Gasteiger partial charge in [-0.05, 0) is 68.7 Å². The van der Waals surface area contributed by atoms with E-state index in [0.717, 1.165) is 17.8 Å². The Morgan fingerprint density at radius 1 is 1.33 bits per heavy atom. The molecular formula is C18H27NO2. The van der Waals surface area contributed by atoms with Crippen molar-refractivity contribution in [1.29, 1.82) is 0 Å². The summed E-state index contributed by atoms with van der Waals surface area (Å²) < 4.78 is 5.22. The summed E-state index contributed by atoms with van der Waals surface area (Å²) in [5.41, 5.74) is 1.20. The Hall–Kier alpha value is -1.22. The van der Waals surface area contributed by atoms with Crippen molar-refractivity contribution in [1.82, 2.24) is 4.90 Å². The maximum atomic E-state index is 9.72. The SMILES string of the molecule is COc1cc(C(C)N(C)CC2CC3CCC2C3)ccc1O. The van der Waals surface area contributed by atoms with Crippen LogP contribution in [0.15, 0.2) is 18.2 Å². The highest BCUT2D eigenvalue weighted by Crippen LogP contribution is 2.48. The van der Waals surface area contributed by atoms with Crippen LogP contribution in [-0.4, -0.2) is 30.7 Å². The van der Waals surface area contributed by atoms with E-state index in [1.165, 1.54) is 37.8 Å². The molecule has 0 saturated heterocycles. The number of aromatic hydroxyl groups is 1. The van der Waals surface area contributed by atoms with E-state index in [-0.39, 0.29) is 5.75 Å². The van der Waals surface area contributed by atoms with Gasteiger partial charge in [0.1, 0.15) is 0 Å². The molecule has 0 amide bonds. The molecule has 3 rings (SSSR count). The molecule has 1 N–H and O–H groups in total. The molecule has 116 valence electrons. The molecule has 0 aromatic heterocycles. The molecule has 1 aromatic carbocycles. The lowest BCUT2D eigenvalue weighted by Crippen LogP contribution is -2.30. The van der Waals surface area contributed by atoms with Crippen LogP contribution >= 0.6 is 0 Å². The summed E-state index contributed by atoms with van der Waals surface area (Å²) in [6, 6.07) is 6.03. The predicted octanol–water partition coefficient (Wildman–Crippen LogP) is 3.83. The molecule has 4 unspecified atom stereocenters. The van der Waals surface area contributed by atoms with Crippen LogP contribution in [-0.2, 0) is 0 Å². The van der Waals surface area contributed by atoms with Gasteiger partial charge in [0, 0.05) is 12.6 Å². The number of fused-ring (bicyclic) bond motifs is 2. The van der Waals surface area contributed by atoms with E-state index < -0.39 is 0 Å². The van der Waals surface area contributed by atoms with E-state index >= 15 is 0 Å². The van der Waals surface area contributed by atoms with Crippen molar-refractivity contribution in [3.63, 3.8) is 0 Å². The lowest BCUT2D eigenvalue weighted by atomic mass is 9.88. The Labute approximate surface area is 127 Å². The number of benzene rings is 1. The van der Waals surface area contributed by atoms with Crippen LogP contribution < -0.4 is 4.74 Å². The zero-order valence-electron chi connectivity index (χ0n) is 13.4. The molecule has 0 heterocycles. The van der Waals surface area contributed by atoms with E-state index in [9.17, 15) is 5.11 Å². The molecule has 2 fully saturated rings. The Bertz CT molecular complexity index is 502. The molecular weight excluding hydrogens is 262 g/mol. The second-order valence-corrected chi connectivity index (χ2v) is 6.98. The Morgan fingerprint density at radius 2 is 2.14 bits per heavy atom. The normalized spacial score (nSPS) is 29.0. The van der Waals surface area contributed by atoms with Gasteiger partial charge in [-0.3, -0.25) is 4.90 Å². The van der Waals surface area contributed by atoms with Gasteiger partial charge in [-0.1, -0.05) is 12.5 Å². The maximum Gasteiger partial charge on any atom is 0.160 e. The highest BCUT2D eigenvalue weighted by atomic mass is 16.5. The minimum absolute atomic E-state index is 0.212. The second-order valence-electron chi connectivity index (χ2n) is 6.98. The van der Waals surface area contributed by atoms with Crippen LogP contribution in [0.3, 0.4) is 0 Å². The number of nitrogens with zero attached hydrogens (tertiary/aromatic N) is 1. The van der Waals surface area contributed by atoms with Crippen LogP contribution in [0.4, 0.5) is 0 Å². The van der Waals surface area contributed by atoms with E-state index in [4.69, 9.17) is 4.74 Å². The van der Waals surface area contributed by atoms with Crippen molar-refractivity contribution in [2.45, 2.75) is 38.6 Å². The maximum absolute atomic E-state index is 9.72. The third-order valence-corrected chi connectivity index (χ3v) is 5.75. The largest absolute Gasteiger partial charge is 0.504 e. The summed E-state index contributed by atoms with van der Waals surface area (Å²) in [5, 5.41) is 9.72. The van der Waals surface area contributed by atoms with Gasteiger partial charge in [0.25, 0.3) is 0 Å². The van der Waals surface area contributed by atoms with Gasteiger partial charge in [-0.2, -0.15) is 0 Å². The molecule has 2 bridgehead atoms. The first-order chi connectivity index (χ1) is 10.1. The number of phenols is 1. The van der Waals surface area contributed by atoms with Gasteiger partial charge in [0.05, 0.1) is 7.11 Å². The molecule has 0 aliphatic heterocycles. The zero-order chi connectivity index (χ0) is 15.0. The molecule has 1 aromatic rings. The summed E-state index contributed by atoms with van der Waals surface area (Å²) in [4.78, 5) is 2.46. The third kappa shape index (κ3) is 2.89. The average molecular weight is 289 g/mol. The molecule has 4 atom stereocenters. The van der Waals surface area contributed by atoms with Crippen molar-refractivity contribution in [3.8, 4) is 11.5 Å². The minimum Gasteiger partial charge on any atom is -0.504 e. The fraction of sp³-hybridized carbons (Fsp3) is 0.667. The number of ether oxygens (including phenoxy) is 1. The lowest BCUT2D eigenvalue weighted by molar-refractivity contribution is 0.181. The second kappa shape index (κ2) is 5.88. The van der Waals surface area contributed by atoms with Gasteiger partial charge in [0.2, 0.25) is 0 Å². The fourth-order valence-corrected chi connectivity index (χ4v) is 4.34. The quantitative estimate of drug-likeness (QED) is 0.894. The fourth-order valence-electron chi connectivity index (χ4n) is 4.34. The van der Waals surface area contributed by atoms with Gasteiger partial charge in [0.15, 0.2) is 11.5 Å². The van der Waals surface area contributed by atoms with Gasteiger partial charge < -0.3 is 9.84 Å². The van der Waals surface area contributed by atoms with Crippen LogP contribution in [0, 0.1) is 17.8 Å². The van der Waals surface area contributed by atoms with Crippen LogP contribution in [0.5, 0.6) is 11.5 Å². The van der Waals surface area contributed by atoms with Crippen molar-refractivity contribution < 1.29 is 9.84 Å². The number of rotatable bonds is 5. The molecule has 0 spiro atoms. The van der Waals surface area contributed by atoms with E-state index in [1.54, 1.807) is 13.2 Å². The van der Waals surface area contributed by atoms with Crippen LogP contribution in [0.25, 0.3) is 0 Å². The standard InChI is InChI=1S/C18H27NO2/c1-12(14-6-7-17(20)18(10-14)21-3)19(2)11-16-9-13-4-5-15(16)8-13/h6-7,10,12-13,15-16,20H,4-5,8-9,11H2,1-3H3. The molecule has 2 aliphatic rings. The predicted molar refractivity (Wildman–Crippen MR) is 84.6 cm³/mol. The van der Waals surface area contributed by atoms with Gasteiger partial charge >= 0.3 is 0 Å². The molecule has 2 aliphatic carbocycles. The molecule has 21 heavy (non-hydrogen) atoms. The first kappa shape index (κ1) is 14.7. The number of methoxy groups -OCH3 is 1. The number of phenolic OH excluding ortho intramolecular Hbond substituents is 1. The van der Waals surface area contributed by atoms with Crippen LogP contribution in [0.1, 0.15) is 44.2 Å². The molecule has 0 radical (unpaired) electrons. The van der Waals surface area contributed by atoms with Crippen molar-refractivity contribution >= 4 is 0 Å². The summed E-state index contributed by atoms with van der Waals surface area (Å²) in [5.74, 6) is 3.64. The topological polar surface area (TPSA) is 32.7 Å². The van der Waals surface area contributed by atoms with E-state index in [1.807, 2.05) is 12.1 Å². The van der Waals surface area contributed by atoms with Crippen molar-refractivity contribution in [2.75, 3.05) is 20.7 Å². The van der Waals surface area contributed by atoms with E-state index in [2.05, 4.69) is 18.9 Å². The Morgan fingerprint density at radius 3 is 2.76 bits per heavy atom. The zero-order valence-corrected chi connectivity index (χ0v) is 13.4. The lowest BCUT2D eigenvalue weighted by Gasteiger charge is -2.31. The Kier molecular flexibility index (Phi) is 4.12. The summed E-state index contributed by atoms with van der Waals surface area (Å²) >= 11 is 0.